The van der Waals surface area contributed by atoms with Crippen molar-refractivity contribution in [2.24, 2.45) is 0 Å². The molecule has 0 saturated carbocycles. The first-order valence-corrected chi connectivity index (χ1v) is 8.75. The molecule has 4 rings (SSSR count). The summed E-state index contributed by atoms with van der Waals surface area (Å²) in [6.45, 7) is 1.79. The highest BCUT2D eigenvalue weighted by Crippen LogP contribution is 2.32. The van der Waals surface area contributed by atoms with Crippen LogP contribution in [0.5, 0.6) is 5.75 Å². The minimum Gasteiger partial charge on any atom is -0.405 e. The lowest BCUT2D eigenvalue weighted by Gasteiger charge is -2.13. The van der Waals surface area contributed by atoms with Gasteiger partial charge in [0.05, 0.1) is 11.9 Å². The Morgan fingerprint density at radius 2 is 1.87 bits per heavy atom. The summed E-state index contributed by atoms with van der Waals surface area (Å²) in [5.41, 5.74) is 1.49. The number of rotatable bonds is 4. The van der Waals surface area contributed by atoms with Crippen LogP contribution in [0.15, 0.2) is 60.8 Å². The van der Waals surface area contributed by atoms with Crippen LogP contribution in [0.3, 0.4) is 0 Å². The van der Waals surface area contributed by atoms with Crippen molar-refractivity contribution in [3.05, 3.63) is 72.2 Å². The fourth-order valence-electron chi connectivity index (χ4n) is 2.86. The molecule has 152 valence electrons. The summed E-state index contributed by atoms with van der Waals surface area (Å²) in [5.74, 6) is -0.549. The van der Waals surface area contributed by atoms with Crippen LogP contribution in [0, 0.1) is 6.92 Å². The first-order valence-electron chi connectivity index (χ1n) is 8.75. The maximum Gasteiger partial charge on any atom is 0.573 e. The Bertz CT molecular complexity index is 1240. The van der Waals surface area contributed by atoms with Crippen LogP contribution in [-0.2, 0) is 0 Å². The average Bonchev–Trinajstić information content (AvgIpc) is 3.10. The predicted molar refractivity (Wildman–Crippen MR) is 102 cm³/mol. The number of ether oxygens (including phenoxy) is 1. The van der Waals surface area contributed by atoms with E-state index in [0.717, 1.165) is 5.69 Å². The van der Waals surface area contributed by atoms with Crippen molar-refractivity contribution in [1.82, 2.24) is 19.6 Å². The monoisotopic (exact) mass is 413 g/mol. The smallest absolute Gasteiger partial charge is 0.405 e. The van der Waals surface area contributed by atoms with Gasteiger partial charge < -0.3 is 10.1 Å². The van der Waals surface area contributed by atoms with E-state index in [9.17, 15) is 18.0 Å². The van der Waals surface area contributed by atoms with Gasteiger partial charge in [0.15, 0.2) is 11.3 Å². The number of fused-ring (bicyclic) bond motifs is 1. The van der Waals surface area contributed by atoms with Gasteiger partial charge in [-0.15, -0.1) is 13.2 Å². The zero-order valence-corrected chi connectivity index (χ0v) is 15.5. The van der Waals surface area contributed by atoms with Gasteiger partial charge in [-0.05, 0) is 43.3 Å². The lowest BCUT2D eigenvalue weighted by Crippen LogP contribution is -2.18. The first-order chi connectivity index (χ1) is 14.3. The van der Waals surface area contributed by atoms with Crippen molar-refractivity contribution in [2.75, 3.05) is 5.32 Å². The Morgan fingerprint density at radius 1 is 1.07 bits per heavy atom. The van der Waals surface area contributed by atoms with E-state index in [1.54, 1.807) is 37.3 Å². The molecule has 4 aromatic rings. The first kappa shape index (κ1) is 19.4. The molecule has 3 aromatic heterocycles. The van der Waals surface area contributed by atoms with Gasteiger partial charge in [-0.25, -0.2) is 14.5 Å². The Morgan fingerprint density at radius 3 is 2.63 bits per heavy atom. The minimum atomic E-state index is -4.85. The number of anilines is 1. The van der Waals surface area contributed by atoms with Crippen molar-refractivity contribution in [2.45, 2.75) is 13.3 Å². The number of pyridine rings is 1. The average molecular weight is 413 g/mol. The van der Waals surface area contributed by atoms with Crippen molar-refractivity contribution in [3.8, 4) is 17.0 Å². The SMILES string of the molecule is Cc1cccc(NC(=O)c2cnc3ccc(-c4ccccc4OC(F)(F)F)nn23)n1. The van der Waals surface area contributed by atoms with Gasteiger partial charge >= 0.3 is 6.36 Å². The number of nitrogens with one attached hydrogen (secondary N) is 1. The molecule has 1 N–H and O–H groups in total. The highest BCUT2D eigenvalue weighted by atomic mass is 19.4. The molecule has 1 aromatic carbocycles. The highest BCUT2D eigenvalue weighted by Gasteiger charge is 2.32. The molecule has 30 heavy (non-hydrogen) atoms. The van der Waals surface area contributed by atoms with E-state index in [2.05, 4.69) is 25.1 Å². The van der Waals surface area contributed by atoms with E-state index >= 15 is 0 Å². The number of nitrogens with zero attached hydrogens (tertiary/aromatic N) is 4. The molecule has 7 nitrogen and oxygen atoms in total. The van der Waals surface area contributed by atoms with Crippen molar-refractivity contribution >= 4 is 17.4 Å². The van der Waals surface area contributed by atoms with Crippen molar-refractivity contribution in [1.29, 1.82) is 0 Å². The number of aryl methyl sites for hydroxylation is 1. The van der Waals surface area contributed by atoms with Crippen molar-refractivity contribution in [3.63, 3.8) is 0 Å². The Kier molecular flexibility index (Phi) is 4.82. The van der Waals surface area contributed by atoms with Crippen molar-refractivity contribution < 1.29 is 22.7 Å². The van der Waals surface area contributed by atoms with Crippen LogP contribution in [0.2, 0.25) is 0 Å². The van der Waals surface area contributed by atoms with E-state index < -0.39 is 18.0 Å². The molecule has 0 radical (unpaired) electrons. The largest absolute Gasteiger partial charge is 0.573 e. The molecule has 0 aliphatic rings. The molecule has 3 heterocycles. The molecular formula is C20H14F3N5O2. The minimum absolute atomic E-state index is 0.101. The summed E-state index contributed by atoms with van der Waals surface area (Å²) in [6.07, 6.45) is -3.52. The maximum absolute atomic E-state index is 12.7. The number of aromatic nitrogens is 4. The second-order valence-corrected chi connectivity index (χ2v) is 6.29. The number of hydrogen-bond donors (Lipinski definition) is 1. The quantitative estimate of drug-likeness (QED) is 0.541. The maximum atomic E-state index is 12.7. The van der Waals surface area contributed by atoms with Crippen LogP contribution in [-0.4, -0.2) is 31.9 Å². The van der Waals surface area contributed by atoms with Crippen LogP contribution >= 0.6 is 0 Å². The van der Waals surface area contributed by atoms with Gasteiger partial charge in [0.25, 0.3) is 5.91 Å². The summed E-state index contributed by atoms with van der Waals surface area (Å²) in [6, 6.07) is 13.9. The van der Waals surface area contributed by atoms with E-state index in [4.69, 9.17) is 0 Å². The fourth-order valence-corrected chi connectivity index (χ4v) is 2.86. The molecule has 1 amide bonds. The molecule has 0 unspecified atom stereocenters. The van der Waals surface area contributed by atoms with E-state index in [0.29, 0.717) is 11.5 Å². The number of benzene rings is 1. The summed E-state index contributed by atoms with van der Waals surface area (Å²) in [5, 5.41) is 6.96. The molecule has 0 aliphatic heterocycles. The lowest BCUT2D eigenvalue weighted by atomic mass is 10.1. The molecule has 0 bridgehead atoms. The molecule has 10 heteroatoms. The Balaban J connectivity index is 1.71. The van der Waals surface area contributed by atoms with Gasteiger partial charge in [0.2, 0.25) is 0 Å². The van der Waals surface area contributed by atoms with Gasteiger partial charge in [-0.3, -0.25) is 4.79 Å². The van der Waals surface area contributed by atoms with Crippen LogP contribution in [0.1, 0.15) is 16.2 Å². The fraction of sp³-hybridized carbons (Fsp3) is 0.100. The third kappa shape index (κ3) is 4.07. The van der Waals surface area contributed by atoms with Gasteiger partial charge in [-0.1, -0.05) is 18.2 Å². The van der Waals surface area contributed by atoms with E-state index in [-0.39, 0.29) is 17.0 Å². The zero-order chi connectivity index (χ0) is 21.3. The highest BCUT2D eigenvalue weighted by molar-refractivity contribution is 6.02. The Labute approximate surface area is 168 Å². The molecule has 0 atom stereocenters. The standard InChI is InChI=1S/C20H14F3N5O2/c1-12-5-4-8-17(25-12)26-19(29)15-11-24-18-10-9-14(27-28(15)18)13-6-2-3-7-16(13)30-20(21,22)23/h2-11H,1H3,(H,25,26,29). The van der Waals surface area contributed by atoms with Crippen LogP contribution in [0.25, 0.3) is 16.9 Å². The van der Waals surface area contributed by atoms with Gasteiger partial charge in [-0.2, -0.15) is 5.10 Å². The van der Waals surface area contributed by atoms with Crippen LogP contribution in [0.4, 0.5) is 19.0 Å². The topological polar surface area (TPSA) is 81.4 Å². The van der Waals surface area contributed by atoms with E-state index in [1.165, 1.54) is 35.0 Å². The summed E-state index contributed by atoms with van der Waals surface area (Å²) in [7, 11) is 0. The molecule has 0 fully saturated rings. The number of amides is 1. The number of carbonyl (C=O) groups is 1. The van der Waals surface area contributed by atoms with E-state index in [1.807, 2.05) is 0 Å². The van der Waals surface area contributed by atoms with Gasteiger partial charge in [0.1, 0.15) is 11.6 Å². The number of hydrogen-bond acceptors (Lipinski definition) is 5. The second-order valence-electron chi connectivity index (χ2n) is 6.29. The molecule has 0 aliphatic carbocycles. The number of para-hydroxylation sites is 1. The predicted octanol–water partition coefficient (Wildman–Crippen LogP) is 4.25. The zero-order valence-electron chi connectivity index (χ0n) is 15.5. The molecule has 0 saturated heterocycles. The summed E-state index contributed by atoms with van der Waals surface area (Å²) < 4.78 is 43.5. The van der Waals surface area contributed by atoms with Crippen LogP contribution < -0.4 is 10.1 Å². The Hall–Kier alpha value is -3.95. The second kappa shape index (κ2) is 7.47. The summed E-state index contributed by atoms with van der Waals surface area (Å²) >= 11 is 0. The molecular weight excluding hydrogens is 399 g/mol. The number of imidazole rings is 1. The normalized spacial score (nSPS) is 11.5. The number of alkyl halides is 3. The number of halogens is 3. The lowest BCUT2D eigenvalue weighted by molar-refractivity contribution is -0.274. The number of carbonyl (C=O) groups excluding carboxylic acids is 1. The third-order valence-electron chi connectivity index (χ3n) is 4.11. The van der Waals surface area contributed by atoms with Gasteiger partial charge in [0, 0.05) is 11.3 Å². The third-order valence-corrected chi connectivity index (χ3v) is 4.11. The molecule has 0 spiro atoms. The summed E-state index contributed by atoms with van der Waals surface area (Å²) in [4.78, 5) is 21.0.